The van der Waals surface area contributed by atoms with E-state index >= 15 is 0 Å². The summed E-state index contributed by atoms with van der Waals surface area (Å²) in [5.74, 6) is 0.351. The second kappa shape index (κ2) is 4.81. The van der Waals surface area contributed by atoms with Crippen LogP contribution in [0.2, 0.25) is 0 Å². The summed E-state index contributed by atoms with van der Waals surface area (Å²) in [6.45, 7) is 4.59. The molecule has 0 radical (unpaired) electrons. The molecular formula is C15H22N2O. The van der Waals surface area contributed by atoms with Gasteiger partial charge in [-0.05, 0) is 62.9 Å². The smallest absolute Gasteiger partial charge is 0.115 e. The summed E-state index contributed by atoms with van der Waals surface area (Å²) in [6.07, 6.45) is 5.24. The monoisotopic (exact) mass is 246 g/mol. The number of hydrogen-bond acceptors (Lipinski definition) is 3. The van der Waals surface area contributed by atoms with Gasteiger partial charge in [0.2, 0.25) is 0 Å². The third-order valence-electron chi connectivity index (χ3n) is 4.39. The summed E-state index contributed by atoms with van der Waals surface area (Å²) in [6, 6.07) is 6.97. The van der Waals surface area contributed by atoms with Crippen molar-refractivity contribution in [2.75, 3.05) is 18.4 Å². The standard InChI is InChI=1S/C15H22N2O/c1-11-9-14(18)4-5-15(11)16-12-6-8-17-7-2-3-13(17)10-12/h4-5,9,12-13,16,18H,2-3,6-8,10H2,1H3. The van der Waals surface area contributed by atoms with Gasteiger partial charge in [-0.15, -0.1) is 0 Å². The summed E-state index contributed by atoms with van der Waals surface area (Å²) in [5.41, 5.74) is 2.30. The number of phenols is 1. The van der Waals surface area contributed by atoms with Gasteiger partial charge in [0.05, 0.1) is 0 Å². The molecule has 2 aliphatic rings. The van der Waals surface area contributed by atoms with Crippen molar-refractivity contribution in [1.29, 1.82) is 0 Å². The van der Waals surface area contributed by atoms with Crippen molar-refractivity contribution in [3.05, 3.63) is 23.8 Å². The number of piperidine rings is 1. The SMILES string of the molecule is Cc1cc(O)ccc1NC1CCN2CCCC2C1. The molecular weight excluding hydrogens is 224 g/mol. The van der Waals surface area contributed by atoms with E-state index in [9.17, 15) is 5.11 Å². The first kappa shape index (κ1) is 11.8. The molecule has 2 aliphatic heterocycles. The van der Waals surface area contributed by atoms with E-state index in [0.717, 1.165) is 11.6 Å². The number of rotatable bonds is 2. The van der Waals surface area contributed by atoms with Crippen molar-refractivity contribution in [3.63, 3.8) is 0 Å². The first-order valence-electron chi connectivity index (χ1n) is 7.02. The Labute approximate surface area is 109 Å². The van der Waals surface area contributed by atoms with Crippen LogP contribution < -0.4 is 5.32 Å². The number of benzene rings is 1. The molecule has 3 rings (SSSR count). The highest BCUT2D eigenvalue weighted by Gasteiger charge is 2.31. The Hall–Kier alpha value is -1.22. The minimum atomic E-state index is 0.351. The highest BCUT2D eigenvalue weighted by atomic mass is 16.3. The van der Waals surface area contributed by atoms with Crippen LogP contribution >= 0.6 is 0 Å². The number of aryl methyl sites for hydroxylation is 1. The van der Waals surface area contributed by atoms with E-state index in [2.05, 4.69) is 10.2 Å². The molecule has 0 aromatic heterocycles. The maximum atomic E-state index is 9.43. The molecule has 1 aromatic rings. The molecule has 0 bridgehead atoms. The van der Waals surface area contributed by atoms with Gasteiger partial charge in [-0.25, -0.2) is 0 Å². The van der Waals surface area contributed by atoms with E-state index in [4.69, 9.17) is 0 Å². The third-order valence-corrected chi connectivity index (χ3v) is 4.39. The molecule has 3 heteroatoms. The Kier molecular flexibility index (Phi) is 3.16. The molecule has 2 N–H and O–H groups in total. The van der Waals surface area contributed by atoms with Gasteiger partial charge in [-0.1, -0.05) is 0 Å². The normalized spacial score (nSPS) is 28.1. The van der Waals surface area contributed by atoms with Crippen LogP contribution in [0.15, 0.2) is 18.2 Å². The fourth-order valence-corrected chi connectivity index (χ4v) is 3.39. The second-order valence-corrected chi connectivity index (χ2v) is 5.70. The van der Waals surface area contributed by atoms with Crippen LogP contribution in [0.4, 0.5) is 5.69 Å². The summed E-state index contributed by atoms with van der Waals surface area (Å²) in [7, 11) is 0. The van der Waals surface area contributed by atoms with Crippen LogP contribution in [0.25, 0.3) is 0 Å². The Morgan fingerprint density at radius 1 is 1.28 bits per heavy atom. The number of aromatic hydroxyl groups is 1. The van der Waals surface area contributed by atoms with Crippen molar-refractivity contribution in [2.45, 2.75) is 44.7 Å². The number of nitrogens with zero attached hydrogens (tertiary/aromatic N) is 1. The van der Waals surface area contributed by atoms with Gasteiger partial charge in [0.15, 0.2) is 0 Å². The third kappa shape index (κ3) is 2.32. The molecule has 0 amide bonds. The fraction of sp³-hybridized carbons (Fsp3) is 0.600. The highest BCUT2D eigenvalue weighted by molar-refractivity contribution is 5.54. The molecule has 98 valence electrons. The van der Waals surface area contributed by atoms with Crippen molar-refractivity contribution in [3.8, 4) is 5.75 Å². The summed E-state index contributed by atoms with van der Waals surface area (Å²) < 4.78 is 0. The Bertz CT molecular complexity index is 433. The van der Waals surface area contributed by atoms with E-state index in [1.165, 1.54) is 44.5 Å². The van der Waals surface area contributed by atoms with Crippen molar-refractivity contribution >= 4 is 5.69 Å². The summed E-state index contributed by atoms with van der Waals surface area (Å²) >= 11 is 0. The van der Waals surface area contributed by atoms with Gasteiger partial charge in [-0.3, -0.25) is 0 Å². The maximum Gasteiger partial charge on any atom is 0.115 e. The largest absolute Gasteiger partial charge is 0.508 e. The first-order valence-corrected chi connectivity index (χ1v) is 7.02. The van der Waals surface area contributed by atoms with Crippen LogP contribution in [0.5, 0.6) is 5.75 Å². The lowest BCUT2D eigenvalue weighted by Gasteiger charge is -2.35. The number of fused-ring (bicyclic) bond motifs is 1. The number of anilines is 1. The Balaban J connectivity index is 1.66. The molecule has 2 fully saturated rings. The predicted molar refractivity (Wildman–Crippen MR) is 74.1 cm³/mol. The lowest BCUT2D eigenvalue weighted by molar-refractivity contribution is 0.188. The summed E-state index contributed by atoms with van der Waals surface area (Å²) in [4.78, 5) is 2.64. The predicted octanol–water partition coefficient (Wildman–Crippen LogP) is 2.74. The molecule has 18 heavy (non-hydrogen) atoms. The molecule has 0 aliphatic carbocycles. The quantitative estimate of drug-likeness (QED) is 0.788. The molecule has 2 atom stereocenters. The lowest BCUT2D eigenvalue weighted by atomic mass is 9.97. The van der Waals surface area contributed by atoms with Crippen LogP contribution in [0, 0.1) is 6.92 Å². The lowest BCUT2D eigenvalue weighted by Crippen LogP contribution is -2.42. The second-order valence-electron chi connectivity index (χ2n) is 5.70. The number of phenolic OH excluding ortho intramolecular Hbond substituents is 1. The fourth-order valence-electron chi connectivity index (χ4n) is 3.39. The zero-order valence-electron chi connectivity index (χ0n) is 11.0. The molecule has 3 nitrogen and oxygen atoms in total. The van der Waals surface area contributed by atoms with Gasteiger partial charge in [0.25, 0.3) is 0 Å². The number of nitrogens with one attached hydrogen (secondary N) is 1. The number of hydrogen-bond donors (Lipinski definition) is 2. The minimum Gasteiger partial charge on any atom is -0.508 e. The average molecular weight is 246 g/mol. The molecule has 2 saturated heterocycles. The van der Waals surface area contributed by atoms with E-state index in [1.54, 1.807) is 6.07 Å². The van der Waals surface area contributed by atoms with Crippen LogP contribution in [-0.2, 0) is 0 Å². The van der Waals surface area contributed by atoms with Gasteiger partial charge in [0.1, 0.15) is 5.75 Å². The molecule has 0 spiro atoms. The van der Waals surface area contributed by atoms with Gasteiger partial charge >= 0.3 is 0 Å². The Morgan fingerprint density at radius 3 is 3.00 bits per heavy atom. The van der Waals surface area contributed by atoms with Gasteiger partial charge in [-0.2, -0.15) is 0 Å². The van der Waals surface area contributed by atoms with Crippen molar-refractivity contribution < 1.29 is 5.11 Å². The van der Waals surface area contributed by atoms with Crippen LogP contribution in [0.3, 0.4) is 0 Å². The van der Waals surface area contributed by atoms with Crippen molar-refractivity contribution in [2.24, 2.45) is 0 Å². The van der Waals surface area contributed by atoms with Gasteiger partial charge in [0, 0.05) is 24.3 Å². The maximum absolute atomic E-state index is 9.43. The topological polar surface area (TPSA) is 35.5 Å². The zero-order chi connectivity index (χ0) is 12.5. The molecule has 0 saturated carbocycles. The van der Waals surface area contributed by atoms with Crippen LogP contribution in [0.1, 0.15) is 31.2 Å². The van der Waals surface area contributed by atoms with E-state index < -0.39 is 0 Å². The van der Waals surface area contributed by atoms with E-state index in [0.29, 0.717) is 11.8 Å². The highest BCUT2D eigenvalue weighted by Crippen LogP contribution is 2.29. The van der Waals surface area contributed by atoms with E-state index in [-0.39, 0.29) is 0 Å². The Morgan fingerprint density at radius 2 is 2.17 bits per heavy atom. The molecule has 2 unspecified atom stereocenters. The average Bonchev–Trinajstić information content (AvgIpc) is 2.80. The van der Waals surface area contributed by atoms with Gasteiger partial charge < -0.3 is 15.3 Å². The van der Waals surface area contributed by atoms with Crippen molar-refractivity contribution in [1.82, 2.24) is 4.90 Å². The molecule has 1 aromatic carbocycles. The zero-order valence-corrected chi connectivity index (χ0v) is 11.0. The minimum absolute atomic E-state index is 0.351. The molecule has 2 heterocycles. The first-order chi connectivity index (χ1) is 8.72. The van der Waals surface area contributed by atoms with Crippen LogP contribution in [-0.4, -0.2) is 35.2 Å². The van der Waals surface area contributed by atoms with E-state index in [1.807, 2.05) is 19.1 Å². The summed E-state index contributed by atoms with van der Waals surface area (Å²) in [5, 5.41) is 13.1.